The normalized spacial score (nSPS) is 10.1. The van der Waals surface area contributed by atoms with Gasteiger partial charge in [-0.1, -0.05) is 31.3 Å². The maximum absolute atomic E-state index is 14.0. The van der Waals surface area contributed by atoms with Crippen LogP contribution < -0.4 is 10.1 Å². The molecule has 2 N–H and O–H groups in total. The van der Waals surface area contributed by atoms with E-state index in [1.165, 1.54) is 13.2 Å². The van der Waals surface area contributed by atoms with E-state index in [0.29, 0.717) is 21.1 Å². The van der Waals surface area contributed by atoms with Gasteiger partial charge in [0.25, 0.3) is 0 Å². The number of carboxylic acids is 1. The monoisotopic (exact) mass is 362 g/mol. The van der Waals surface area contributed by atoms with Gasteiger partial charge in [0.15, 0.2) is 0 Å². The van der Waals surface area contributed by atoms with Crippen molar-refractivity contribution in [2.24, 2.45) is 0 Å². The number of anilines is 2. The second kappa shape index (κ2) is 7.94. The number of nitrogens with one attached hydrogen (secondary N) is 1. The number of rotatable bonds is 4. The van der Waals surface area contributed by atoms with Gasteiger partial charge in [0.05, 0.1) is 12.8 Å². The smallest absolute Gasteiger partial charge is 0.339 e. The first-order chi connectivity index (χ1) is 12.0. The number of benzene rings is 1. The Kier molecular flexibility index (Phi) is 5.93. The molecule has 0 saturated carbocycles. The predicted molar refractivity (Wildman–Crippen MR) is 98.9 cm³/mol. The Labute approximate surface area is 149 Å². The van der Waals surface area contributed by atoms with Gasteiger partial charge in [0, 0.05) is 11.5 Å². The molecule has 0 fully saturated rings. The number of hydrogen-bond donors (Lipinski definition) is 2. The van der Waals surface area contributed by atoms with Crippen LogP contribution >= 0.6 is 11.3 Å². The molecule has 3 rings (SSSR count). The number of hydrogen-bond acceptors (Lipinski definition) is 5. The summed E-state index contributed by atoms with van der Waals surface area (Å²) in [6, 6.07) is 7.95. The zero-order valence-electron chi connectivity index (χ0n) is 14.4. The van der Waals surface area contributed by atoms with Crippen LogP contribution in [-0.4, -0.2) is 23.2 Å². The lowest BCUT2D eigenvalue weighted by molar-refractivity contribution is 0.0700. The molecule has 0 bridgehead atoms. The molecule has 1 aromatic carbocycles. The van der Waals surface area contributed by atoms with Crippen LogP contribution in [0, 0.1) is 12.7 Å². The molecule has 0 aliphatic carbocycles. The van der Waals surface area contributed by atoms with Gasteiger partial charge >= 0.3 is 5.97 Å². The van der Waals surface area contributed by atoms with Crippen LogP contribution in [0.25, 0.3) is 10.2 Å². The van der Waals surface area contributed by atoms with Crippen molar-refractivity contribution in [1.29, 1.82) is 0 Å². The molecule has 0 atom stereocenters. The number of thiophene rings is 1. The largest absolute Gasteiger partial charge is 0.481 e. The Balaban J connectivity index is 0.00000109. The van der Waals surface area contributed by atoms with Crippen LogP contribution in [0.3, 0.4) is 0 Å². The van der Waals surface area contributed by atoms with Crippen LogP contribution in [0.1, 0.15) is 29.8 Å². The fourth-order valence-electron chi connectivity index (χ4n) is 2.22. The molecule has 2 aromatic heterocycles. The first-order valence-corrected chi connectivity index (χ1v) is 8.55. The minimum Gasteiger partial charge on any atom is -0.481 e. The van der Waals surface area contributed by atoms with Crippen molar-refractivity contribution in [2.75, 3.05) is 12.4 Å². The third-order valence-corrected chi connectivity index (χ3v) is 4.34. The van der Waals surface area contributed by atoms with E-state index in [1.54, 1.807) is 31.2 Å². The number of aryl methyl sites for hydroxylation is 1. The van der Waals surface area contributed by atoms with Gasteiger partial charge < -0.3 is 15.2 Å². The summed E-state index contributed by atoms with van der Waals surface area (Å²) in [5.74, 6) is -1.15. The second-order valence-electron chi connectivity index (χ2n) is 4.93. The van der Waals surface area contributed by atoms with Crippen molar-refractivity contribution < 1.29 is 19.0 Å². The molecule has 0 spiro atoms. The third-order valence-electron chi connectivity index (χ3n) is 3.33. The predicted octanol–water partition coefficient (Wildman–Crippen LogP) is 5.22. The van der Waals surface area contributed by atoms with Gasteiger partial charge in [-0.3, -0.25) is 0 Å². The summed E-state index contributed by atoms with van der Waals surface area (Å²) in [6.07, 6.45) is 0. The lowest BCUT2D eigenvalue weighted by Gasteiger charge is -2.07. The quantitative estimate of drug-likeness (QED) is 0.666. The van der Waals surface area contributed by atoms with Gasteiger partial charge in [0.1, 0.15) is 21.2 Å². The van der Waals surface area contributed by atoms with Gasteiger partial charge in [0.2, 0.25) is 5.88 Å². The van der Waals surface area contributed by atoms with Gasteiger partial charge in [-0.15, -0.1) is 0 Å². The summed E-state index contributed by atoms with van der Waals surface area (Å²) in [7, 11) is 1.49. The Hall–Kier alpha value is -2.67. The molecule has 0 saturated heterocycles. The Morgan fingerprint density at radius 2 is 2.00 bits per heavy atom. The highest BCUT2D eigenvalue weighted by atomic mass is 32.1. The molecule has 0 unspecified atom stereocenters. The number of aromatic carboxylic acids is 1. The van der Waals surface area contributed by atoms with E-state index in [2.05, 4.69) is 10.3 Å². The number of methoxy groups -OCH3 is 1. The van der Waals surface area contributed by atoms with Crippen LogP contribution in [-0.2, 0) is 0 Å². The van der Waals surface area contributed by atoms with Crippen LogP contribution in [0.5, 0.6) is 5.88 Å². The minimum atomic E-state index is -1.10. The van der Waals surface area contributed by atoms with Crippen molar-refractivity contribution in [3.63, 3.8) is 0 Å². The SMILES string of the molecule is CC.COc1ccc2c(C(=O)O)c(Nc3ccc(C)cc3F)sc2n1. The summed E-state index contributed by atoms with van der Waals surface area (Å²) in [5.41, 5.74) is 1.08. The fourth-order valence-corrected chi connectivity index (χ4v) is 3.29. The molecule has 132 valence electrons. The highest BCUT2D eigenvalue weighted by Gasteiger charge is 2.20. The van der Waals surface area contributed by atoms with E-state index < -0.39 is 11.8 Å². The van der Waals surface area contributed by atoms with Crippen molar-refractivity contribution in [2.45, 2.75) is 20.8 Å². The summed E-state index contributed by atoms with van der Waals surface area (Å²) in [6.45, 7) is 5.78. The highest BCUT2D eigenvalue weighted by molar-refractivity contribution is 7.23. The van der Waals surface area contributed by atoms with Crippen molar-refractivity contribution in [1.82, 2.24) is 4.98 Å². The summed E-state index contributed by atoms with van der Waals surface area (Å²) >= 11 is 1.14. The molecule has 2 heterocycles. The molecular formula is C18H19FN2O3S. The van der Waals surface area contributed by atoms with E-state index in [1.807, 2.05) is 13.8 Å². The molecular weight excluding hydrogens is 343 g/mol. The molecule has 5 nitrogen and oxygen atoms in total. The maximum atomic E-state index is 14.0. The van der Waals surface area contributed by atoms with Crippen molar-refractivity contribution in [3.8, 4) is 5.88 Å². The number of fused-ring (bicyclic) bond motifs is 1. The average molecular weight is 362 g/mol. The lowest BCUT2D eigenvalue weighted by atomic mass is 10.2. The summed E-state index contributed by atoms with van der Waals surface area (Å²) < 4.78 is 19.1. The molecule has 25 heavy (non-hydrogen) atoms. The zero-order chi connectivity index (χ0) is 18.6. The maximum Gasteiger partial charge on any atom is 0.339 e. The van der Waals surface area contributed by atoms with E-state index in [9.17, 15) is 14.3 Å². The third kappa shape index (κ3) is 3.88. The summed E-state index contributed by atoms with van der Waals surface area (Å²) in [5, 5.41) is 13.2. The van der Waals surface area contributed by atoms with Gasteiger partial charge in [-0.2, -0.15) is 0 Å². The number of halogens is 1. The van der Waals surface area contributed by atoms with Crippen LogP contribution in [0.2, 0.25) is 0 Å². The van der Waals surface area contributed by atoms with Crippen LogP contribution in [0.4, 0.5) is 15.1 Å². The lowest BCUT2D eigenvalue weighted by Crippen LogP contribution is -2.01. The highest BCUT2D eigenvalue weighted by Crippen LogP contribution is 2.37. The molecule has 0 amide bonds. The van der Waals surface area contributed by atoms with Crippen molar-refractivity contribution in [3.05, 3.63) is 47.3 Å². The van der Waals surface area contributed by atoms with E-state index in [-0.39, 0.29) is 11.3 Å². The number of aromatic nitrogens is 1. The zero-order valence-corrected chi connectivity index (χ0v) is 15.2. The molecule has 0 aliphatic heterocycles. The van der Waals surface area contributed by atoms with Crippen molar-refractivity contribution >= 4 is 38.2 Å². The summed E-state index contributed by atoms with van der Waals surface area (Å²) in [4.78, 5) is 16.3. The molecule has 7 heteroatoms. The van der Waals surface area contributed by atoms with Gasteiger partial charge in [-0.25, -0.2) is 14.2 Å². The Morgan fingerprint density at radius 3 is 2.60 bits per heavy atom. The molecule has 0 aliphatic rings. The fraction of sp³-hybridized carbons (Fsp3) is 0.222. The van der Waals surface area contributed by atoms with Crippen LogP contribution in [0.15, 0.2) is 30.3 Å². The van der Waals surface area contributed by atoms with Gasteiger partial charge in [-0.05, 0) is 30.7 Å². The number of pyridine rings is 1. The first-order valence-electron chi connectivity index (χ1n) is 7.73. The van der Waals surface area contributed by atoms with E-state index >= 15 is 0 Å². The number of carbonyl (C=O) groups is 1. The minimum absolute atomic E-state index is 0.0696. The number of nitrogens with zero attached hydrogens (tertiary/aromatic N) is 1. The Morgan fingerprint density at radius 1 is 1.28 bits per heavy atom. The standard InChI is InChI=1S/C16H13FN2O3S.C2H6/c1-8-3-5-11(10(17)7-8)18-15-13(16(20)21)9-4-6-12(22-2)19-14(9)23-15;1-2/h3-7,18H,1-2H3,(H,20,21);1-2H3. The number of ether oxygens (including phenoxy) is 1. The van der Waals surface area contributed by atoms with E-state index in [4.69, 9.17) is 4.74 Å². The Bertz CT molecular complexity index is 909. The van der Waals surface area contributed by atoms with E-state index in [0.717, 1.165) is 16.9 Å². The number of carboxylic acid groups (broad SMARTS) is 1. The average Bonchev–Trinajstić information content (AvgIpc) is 2.96. The molecule has 0 radical (unpaired) electrons. The second-order valence-corrected chi connectivity index (χ2v) is 5.93. The first kappa shape index (κ1) is 18.7. The topological polar surface area (TPSA) is 71.5 Å². The molecule has 3 aromatic rings.